The number of carbonyl (C=O) groups excluding carboxylic acids is 1. The summed E-state index contributed by atoms with van der Waals surface area (Å²) in [5.41, 5.74) is 2.95. The molecule has 206 valence electrons. The van der Waals surface area contributed by atoms with Gasteiger partial charge in [0, 0.05) is 49.9 Å². The van der Waals surface area contributed by atoms with Gasteiger partial charge >= 0.3 is 6.61 Å². The molecule has 0 radical (unpaired) electrons. The van der Waals surface area contributed by atoms with Gasteiger partial charge in [0.05, 0.1) is 11.2 Å². The van der Waals surface area contributed by atoms with E-state index in [-0.39, 0.29) is 30.1 Å². The first kappa shape index (κ1) is 26.0. The van der Waals surface area contributed by atoms with E-state index in [9.17, 15) is 13.6 Å². The Balaban J connectivity index is 0.00000277. The Labute approximate surface area is 230 Å². The number of amides is 1. The molecule has 1 aliphatic carbocycles. The molecule has 5 heterocycles. The van der Waals surface area contributed by atoms with Gasteiger partial charge in [0.15, 0.2) is 11.6 Å². The van der Waals surface area contributed by atoms with Crippen molar-refractivity contribution in [1.82, 2.24) is 29.3 Å². The maximum Gasteiger partial charge on any atom is 0.387 e. The van der Waals surface area contributed by atoms with E-state index in [0.29, 0.717) is 47.3 Å². The number of likely N-dealkylation sites (tertiary alicyclic amines) is 1. The highest BCUT2D eigenvalue weighted by Gasteiger charge is 2.35. The highest BCUT2D eigenvalue weighted by molar-refractivity contribution is 6.00. The number of aryl methyl sites for hydroxylation is 1. The van der Waals surface area contributed by atoms with Crippen LogP contribution in [0.3, 0.4) is 0 Å². The average molecular weight is 557 g/mol. The molecule has 3 aromatic heterocycles. The van der Waals surface area contributed by atoms with Crippen molar-refractivity contribution >= 4 is 40.4 Å². The first-order chi connectivity index (χ1) is 18.5. The number of nitrogens with zero attached hydrogens (tertiary/aromatic N) is 5. The van der Waals surface area contributed by atoms with Crippen LogP contribution in [0.5, 0.6) is 5.75 Å². The largest absolute Gasteiger partial charge is 0.432 e. The summed E-state index contributed by atoms with van der Waals surface area (Å²) in [4.78, 5) is 24.8. The molecule has 0 spiro atoms. The van der Waals surface area contributed by atoms with Crippen LogP contribution in [0.25, 0.3) is 33.6 Å². The summed E-state index contributed by atoms with van der Waals surface area (Å²) in [5, 5.41) is 4.48. The number of alkyl halides is 2. The molecular weight excluding hydrogens is 526 g/mol. The van der Waals surface area contributed by atoms with Gasteiger partial charge in [-0.3, -0.25) is 4.79 Å². The van der Waals surface area contributed by atoms with Crippen molar-refractivity contribution in [2.24, 2.45) is 18.9 Å². The molecule has 2 aliphatic heterocycles. The molecule has 1 amide bonds. The van der Waals surface area contributed by atoms with Crippen molar-refractivity contribution in [3.8, 4) is 17.3 Å². The number of carbonyl (C=O) groups is 1. The highest BCUT2D eigenvalue weighted by Crippen LogP contribution is 2.38. The zero-order valence-electron chi connectivity index (χ0n) is 21.6. The number of benzene rings is 1. The van der Waals surface area contributed by atoms with Crippen molar-refractivity contribution < 1.29 is 18.3 Å². The van der Waals surface area contributed by atoms with E-state index in [2.05, 4.69) is 14.9 Å². The lowest BCUT2D eigenvalue weighted by atomic mass is 9.92. The van der Waals surface area contributed by atoms with Gasteiger partial charge in [-0.15, -0.1) is 12.4 Å². The number of aromatic nitrogens is 4. The van der Waals surface area contributed by atoms with E-state index in [4.69, 9.17) is 9.72 Å². The number of rotatable bonds is 6. The Morgan fingerprint density at radius 2 is 2.05 bits per heavy atom. The van der Waals surface area contributed by atoms with E-state index in [0.717, 1.165) is 42.7 Å². The second-order valence-corrected chi connectivity index (χ2v) is 10.9. The van der Waals surface area contributed by atoms with Gasteiger partial charge < -0.3 is 24.1 Å². The van der Waals surface area contributed by atoms with Crippen molar-refractivity contribution in [2.45, 2.75) is 44.9 Å². The minimum atomic E-state index is -3.02. The highest BCUT2D eigenvalue weighted by atomic mass is 35.5. The molecule has 39 heavy (non-hydrogen) atoms. The number of piperidine rings is 1. The number of pyridine rings is 1. The van der Waals surface area contributed by atoms with Gasteiger partial charge in [0.2, 0.25) is 0 Å². The molecule has 2 atom stereocenters. The average Bonchev–Trinajstić information content (AvgIpc) is 3.33. The Morgan fingerprint density at radius 3 is 2.85 bits per heavy atom. The molecule has 0 bridgehead atoms. The molecule has 8 nitrogen and oxygen atoms in total. The lowest BCUT2D eigenvalue weighted by molar-refractivity contribution is -0.0490. The quantitative estimate of drug-likeness (QED) is 0.367. The third-order valence-corrected chi connectivity index (χ3v) is 8.38. The minimum Gasteiger partial charge on any atom is -0.432 e. The van der Waals surface area contributed by atoms with Crippen LogP contribution < -0.4 is 10.1 Å². The topological polar surface area (TPSA) is 77.2 Å². The molecular formula is C28H31ClF2N6O2. The molecule has 3 fully saturated rings. The Kier molecular flexibility index (Phi) is 6.71. The summed E-state index contributed by atoms with van der Waals surface area (Å²) < 4.78 is 36.0. The molecule has 7 rings (SSSR count). The first-order valence-corrected chi connectivity index (χ1v) is 13.4. The van der Waals surface area contributed by atoms with Crippen LogP contribution in [0.1, 0.15) is 36.0 Å². The normalized spacial score (nSPS) is 21.0. The van der Waals surface area contributed by atoms with Crippen LogP contribution >= 0.6 is 12.4 Å². The molecule has 4 aromatic rings. The first-order valence-electron chi connectivity index (χ1n) is 13.4. The molecule has 11 heteroatoms. The van der Waals surface area contributed by atoms with Gasteiger partial charge in [-0.1, -0.05) is 0 Å². The van der Waals surface area contributed by atoms with Crippen LogP contribution in [-0.4, -0.2) is 62.2 Å². The van der Waals surface area contributed by atoms with Crippen LogP contribution in [0.15, 0.2) is 36.5 Å². The number of hydrogen-bond acceptors (Lipinski definition) is 5. The van der Waals surface area contributed by atoms with Gasteiger partial charge in [-0.25, -0.2) is 9.97 Å². The van der Waals surface area contributed by atoms with Crippen LogP contribution in [0, 0.1) is 11.8 Å². The van der Waals surface area contributed by atoms with Crippen molar-refractivity contribution in [3.05, 3.63) is 42.1 Å². The van der Waals surface area contributed by atoms with Crippen LogP contribution in [0.4, 0.5) is 8.78 Å². The predicted octanol–water partition coefficient (Wildman–Crippen LogP) is 4.85. The Morgan fingerprint density at radius 1 is 1.21 bits per heavy atom. The number of fused-ring (bicyclic) bond motifs is 3. The van der Waals surface area contributed by atoms with Gasteiger partial charge in [0.1, 0.15) is 11.2 Å². The lowest BCUT2D eigenvalue weighted by Crippen LogP contribution is -2.48. The molecule has 1 saturated carbocycles. The Bertz CT molecular complexity index is 1550. The third-order valence-electron chi connectivity index (χ3n) is 8.38. The minimum absolute atomic E-state index is 0. The van der Waals surface area contributed by atoms with E-state index in [1.165, 1.54) is 18.9 Å². The number of halogens is 3. The summed E-state index contributed by atoms with van der Waals surface area (Å²) in [6.07, 6.45) is 6.22. The molecule has 1 aromatic carbocycles. The summed E-state index contributed by atoms with van der Waals surface area (Å²) in [7, 11) is 1.80. The second kappa shape index (κ2) is 10.1. The summed E-state index contributed by atoms with van der Waals surface area (Å²) in [6, 6.07) is 9.40. The molecule has 0 unspecified atom stereocenters. The predicted molar refractivity (Wildman–Crippen MR) is 146 cm³/mol. The Hall–Kier alpha value is -3.24. The third kappa shape index (κ3) is 4.63. The maximum atomic E-state index is 13.5. The fraction of sp³-hybridized carbons (Fsp3) is 0.464. The van der Waals surface area contributed by atoms with Crippen LogP contribution in [0.2, 0.25) is 0 Å². The smallest absolute Gasteiger partial charge is 0.387 e. The fourth-order valence-corrected chi connectivity index (χ4v) is 6.26. The monoisotopic (exact) mass is 556 g/mol. The molecule has 2 saturated heterocycles. The van der Waals surface area contributed by atoms with E-state index < -0.39 is 6.61 Å². The second-order valence-electron chi connectivity index (χ2n) is 10.9. The van der Waals surface area contributed by atoms with Crippen LogP contribution in [-0.2, 0) is 13.6 Å². The van der Waals surface area contributed by atoms with E-state index in [1.807, 2.05) is 23.1 Å². The van der Waals surface area contributed by atoms with Crippen molar-refractivity contribution in [1.29, 1.82) is 0 Å². The van der Waals surface area contributed by atoms with E-state index in [1.54, 1.807) is 23.9 Å². The number of nitrogens with one attached hydrogen (secondary N) is 1. The lowest BCUT2D eigenvalue weighted by Gasteiger charge is -2.35. The zero-order valence-corrected chi connectivity index (χ0v) is 22.5. The number of hydrogen-bond donors (Lipinski definition) is 1. The van der Waals surface area contributed by atoms with Crippen molar-refractivity contribution in [2.75, 3.05) is 19.6 Å². The summed E-state index contributed by atoms with van der Waals surface area (Å²) in [5.74, 6) is 1.59. The standard InChI is InChI=1S/C28H30F2N6O2.ClH/c1-34-24-20(33-26(34)22-12-18-3-2-8-32-25(18)36(22)14-16-4-5-16)11-19(13-23(24)38-28(29)30)27(37)35-10-7-17-6-9-31-21(17)15-35;/h2-3,8,11-13,16-17,21,28,31H,4-7,9-10,14-15H2,1H3;1H/t17-,21-;/m1./s1. The summed E-state index contributed by atoms with van der Waals surface area (Å²) in [6.45, 7) is 0.0556. The van der Waals surface area contributed by atoms with Gasteiger partial charge in [-0.2, -0.15) is 8.78 Å². The number of ether oxygens (including phenoxy) is 1. The van der Waals surface area contributed by atoms with Crippen molar-refractivity contribution in [3.63, 3.8) is 0 Å². The van der Waals surface area contributed by atoms with Gasteiger partial charge in [0.25, 0.3) is 5.91 Å². The zero-order chi connectivity index (χ0) is 26.0. The van der Waals surface area contributed by atoms with E-state index >= 15 is 0 Å². The molecule has 1 N–H and O–H groups in total. The summed E-state index contributed by atoms with van der Waals surface area (Å²) >= 11 is 0. The fourth-order valence-electron chi connectivity index (χ4n) is 6.26. The number of imidazole rings is 1. The SMILES string of the molecule is Cl.Cn1c(-c2cc3cccnc3n2CC2CC2)nc2cc(C(=O)N3CC[C@H]4CCN[C@@H]4C3)cc(OC(F)F)c21. The maximum absolute atomic E-state index is 13.5. The molecule has 3 aliphatic rings. The van der Waals surface area contributed by atoms with Gasteiger partial charge in [-0.05, 0) is 74.4 Å².